The Hall–Kier alpha value is -2.25. The summed E-state index contributed by atoms with van der Waals surface area (Å²) in [7, 11) is 1.62. The molecule has 0 radical (unpaired) electrons. The second kappa shape index (κ2) is 8.91. The number of rotatable bonds is 8. The standard InChI is InChI=1S/C19H23BrN2O4/c1-12(2)22(14-4-6-15(26-3)7-5-14)10-18(24)13-8-16(20)19(25)17(9-13)21-11-23/h4-9,11-12,18,24-25H,10H2,1-3H3,(H,21,23). The summed E-state index contributed by atoms with van der Waals surface area (Å²) in [6.07, 6.45) is -0.335. The summed E-state index contributed by atoms with van der Waals surface area (Å²) in [5, 5.41) is 23.1. The number of nitrogens with one attached hydrogen (secondary N) is 1. The minimum Gasteiger partial charge on any atom is -0.505 e. The molecule has 0 aliphatic rings. The Morgan fingerprint density at radius 2 is 1.92 bits per heavy atom. The molecule has 6 nitrogen and oxygen atoms in total. The summed E-state index contributed by atoms with van der Waals surface area (Å²) < 4.78 is 5.59. The van der Waals surface area contributed by atoms with Crippen LogP contribution in [0.4, 0.5) is 11.4 Å². The molecular weight excluding hydrogens is 400 g/mol. The van der Waals surface area contributed by atoms with Gasteiger partial charge in [0.05, 0.1) is 23.4 Å². The van der Waals surface area contributed by atoms with Crippen molar-refractivity contribution < 1.29 is 19.7 Å². The zero-order valence-corrected chi connectivity index (χ0v) is 16.5. The van der Waals surface area contributed by atoms with Crippen LogP contribution in [-0.4, -0.2) is 36.3 Å². The van der Waals surface area contributed by atoms with Gasteiger partial charge in [0.15, 0.2) is 5.75 Å². The molecule has 7 heteroatoms. The van der Waals surface area contributed by atoms with Gasteiger partial charge < -0.3 is 25.2 Å². The van der Waals surface area contributed by atoms with Gasteiger partial charge in [-0.05, 0) is 71.7 Å². The number of carbonyl (C=O) groups excluding carboxylic acids is 1. The Kier molecular flexibility index (Phi) is 6.88. The highest BCUT2D eigenvalue weighted by Crippen LogP contribution is 2.35. The molecule has 1 amide bonds. The quantitative estimate of drug-likeness (QED) is 0.446. The molecule has 0 aliphatic heterocycles. The van der Waals surface area contributed by atoms with Crippen molar-refractivity contribution in [1.29, 1.82) is 0 Å². The van der Waals surface area contributed by atoms with Crippen LogP contribution in [-0.2, 0) is 4.79 Å². The third kappa shape index (κ3) is 4.68. The van der Waals surface area contributed by atoms with Crippen LogP contribution < -0.4 is 15.0 Å². The van der Waals surface area contributed by atoms with Crippen LogP contribution >= 0.6 is 15.9 Å². The average Bonchev–Trinajstić information content (AvgIpc) is 2.63. The number of hydrogen-bond donors (Lipinski definition) is 3. The molecule has 1 atom stereocenters. The maximum absolute atomic E-state index is 10.7. The Labute approximate surface area is 161 Å². The fraction of sp³-hybridized carbons (Fsp3) is 0.316. The van der Waals surface area contributed by atoms with Gasteiger partial charge in [-0.3, -0.25) is 4.79 Å². The van der Waals surface area contributed by atoms with E-state index in [0.717, 1.165) is 11.4 Å². The van der Waals surface area contributed by atoms with Crippen molar-refractivity contribution in [2.24, 2.45) is 0 Å². The molecule has 0 aliphatic carbocycles. The van der Waals surface area contributed by atoms with Crippen LogP contribution in [0.15, 0.2) is 40.9 Å². The van der Waals surface area contributed by atoms with Gasteiger partial charge in [-0.25, -0.2) is 0 Å². The molecule has 2 rings (SSSR count). The highest BCUT2D eigenvalue weighted by Gasteiger charge is 2.19. The highest BCUT2D eigenvalue weighted by atomic mass is 79.9. The molecule has 0 saturated heterocycles. The number of benzene rings is 2. The van der Waals surface area contributed by atoms with Gasteiger partial charge in [0.2, 0.25) is 6.41 Å². The van der Waals surface area contributed by atoms with Crippen molar-refractivity contribution in [3.63, 3.8) is 0 Å². The Morgan fingerprint density at radius 3 is 2.46 bits per heavy atom. The largest absolute Gasteiger partial charge is 0.505 e. The molecule has 2 aromatic carbocycles. The molecular formula is C19H23BrN2O4. The molecule has 0 spiro atoms. The monoisotopic (exact) mass is 422 g/mol. The lowest BCUT2D eigenvalue weighted by molar-refractivity contribution is -0.105. The van der Waals surface area contributed by atoms with E-state index in [9.17, 15) is 15.0 Å². The van der Waals surface area contributed by atoms with Crippen molar-refractivity contribution in [2.75, 3.05) is 23.9 Å². The van der Waals surface area contributed by atoms with E-state index < -0.39 is 6.10 Å². The normalized spacial score (nSPS) is 11.9. The number of ether oxygens (including phenoxy) is 1. The zero-order chi connectivity index (χ0) is 19.3. The summed E-state index contributed by atoms with van der Waals surface area (Å²) in [4.78, 5) is 12.8. The predicted octanol–water partition coefficient (Wildman–Crippen LogP) is 3.68. The number of phenols is 1. The second-order valence-corrected chi connectivity index (χ2v) is 6.98. The third-order valence-electron chi connectivity index (χ3n) is 4.08. The third-order valence-corrected chi connectivity index (χ3v) is 4.69. The minimum absolute atomic E-state index is 0.0797. The molecule has 0 bridgehead atoms. The van der Waals surface area contributed by atoms with Gasteiger partial charge in [0.1, 0.15) is 5.75 Å². The minimum atomic E-state index is -0.816. The summed E-state index contributed by atoms with van der Waals surface area (Å²) in [5.41, 5.74) is 1.78. The lowest BCUT2D eigenvalue weighted by atomic mass is 10.1. The fourth-order valence-corrected chi connectivity index (χ4v) is 3.14. The van der Waals surface area contributed by atoms with Gasteiger partial charge in [-0.2, -0.15) is 0 Å². The molecule has 0 saturated carbocycles. The van der Waals surface area contributed by atoms with Crippen LogP contribution in [0.5, 0.6) is 11.5 Å². The van der Waals surface area contributed by atoms with E-state index in [1.54, 1.807) is 19.2 Å². The van der Waals surface area contributed by atoms with E-state index in [1.807, 2.05) is 38.1 Å². The Bertz CT molecular complexity index is 750. The lowest BCUT2D eigenvalue weighted by Crippen LogP contribution is -2.34. The van der Waals surface area contributed by atoms with Crippen molar-refractivity contribution in [3.05, 3.63) is 46.4 Å². The number of amides is 1. The van der Waals surface area contributed by atoms with Gasteiger partial charge >= 0.3 is 0 Å². The summed E-state index contributed by atoms with van der Waals surface area (Å²) in [5.74, 6) is 0.689. The first-order valence-corrected chi connectivity index (χ1v) is 8.98. The smallest absolute Gasteiger partial charge is 0.211 e. The highest BCUT2D eigenvalue weighted by molar-refractivity contribution is 9.10. The maximum Gasteiger partial charge on any atom is 0.211 e. The summed E-state index contributed by atoms with van der Waals surface area (Å²) in [6, 6.07) is 11.0. The topological polar surface area (TPSA) is 82.0 Å². The molecule has 2 aromatic rings. The molecule has 0 aromatic heterocycles. The van der Waals surface area contributed by atoms with Gasteiger partial charge in [0, 0.05) is 18.3 Å². The number of aliphatic hydroxyl groups is 1. The van der Waals surface area contributed by atoms with Crippen LogP contribution in [0.25, 0.3) is 0 Å². The number of nitrogens with zero attached hydrogens (tertiary/aromatic N) is 1. The number of aromatic hydroxyl groups is 1. The van der Waals surface area contributed by atoms with E-state index in [-0.39, 0.29) is 17.5 Å². The number of hydrogen-bond acceptors (Lipinski definition) is 5. The van der Waals surface area contributed by atoms with Crippen molar-refractivity contribution in [2.45, 2.75) is 26.0 Å². The summed E-state index contributed by atoms with van der Waals surface area (Å²) >= 11 is 3.25. The van der Waals surface area contributed by atoms with Gasteiger partial charge in [-0.1, -0.05) is 0 Å². The van der Waals surface area contributed by atoms with Gasteiger partial charge in [0.25, 0.3) is 0 Å². The molecule has 0 heterocycles. The number of methoxy groups -OCH3 is 1. The average molecular weight is 423 g/mol. The van der Waals surface area contributed by atoms with Crippen molar-refractivity contribution >= 4 is 33.7 Å². The van der Waals surface area contributed by atoms with E-state index in [0.29, 0.717) is 23.0 Å². The predicted molar refractivity (Wildman–Crippen MR) is 106 cm³/mol. The number of anilines is 2. The maximum atomic E-state index is 10.7. The molecule has 26 heavy (non-hydrogen) atoms. The van der Waals surface area contributed by atoms with Crippen LogP contribution in [0.1, 0.15) is 25.5 Å². The lowest BCUT2D eigenvalue weighted by Gasteiger charge is -2.31. The van der Waals surface area contributed by atoms with Gasteiger partial charge in [-0.15, -0.1) is 0 Å². The first-order valence-electron chi connectivity index (χ1n) is 8.18. The Morgan fingerprint density at radius 1 is 1.27 bits per heavy atom. The number of carbonyl (C=O) groups is 1. The molecule has 0 fully saturated rings. The number of halogens is 1. The van der Waals surface area contributed by atoms with E-state index in [4.69, 9.17) is 4.74 Å². The Balaban J connectivity index is 2.26. The number of phenolic OH excluding ortho intramolecular Hbond substituents is 1. The van der Waals surface area contributed by atoms with Crippen LogP contribution in [0.2, 0.25) is 0 Å². The van der Waals surface area contributed by atoms with E-state index in [2.05, 4.69) is 26.1 Å². The molecule has 3 N–H and O–H groups in total. The van der Waals surface area contributed by atoms with Crippen LogP contribution in [0.3, 0.4) is 0 Å². The van der Waals surface area contributed by atoms with Crippen molar-refractivity contribution in [1.82, 2.24) is 0 Å². The molecule has 140 valence electrons. The van der Waals surface area contributed by atoms with E-state index in [1.165, 1.54) is 0 Å². The fourth-order valence-electron chi connectivity index (χ4n) is 2.67. The first kappa shape index (κ1) is 20.1. The summed E-state index contributed by atoms with van der Waals surface area (Å²) in [6.45, 7) is 4.44. The van der Waals surface area contributed by atoms with Crippen molar-refractivity contribution in [3.8, 4) is 11.5 Å². The molecule has 1 unspecified atom stereocenters. The zero-order valence-electron chi connectivity index (χ0n) is 14.9. The van der Waals surface area contributed by atoms with Crippen LogP contribution in [0, 0.1) is 0 Å². The first-order chi connectivity index (χ1) is 12.4. The second-order valence-electron chi connectivity index (χ2n) is 6.12. The van der Waals surface area contributed by atoms with E-state index >= 15 is 0 Å². The number of aliphatic hydroxyl groups excluding tert-OH is 1. The SMILES string of the molecule is COc1ccc(N(CC(O)c2cc(Br)c(O)c(NC=O)c2)C(C)C)cc1.